The number of hydrogen-bond donors (Lipinski definition) is 2. The number of carbonyl (C=O) groups excluding carboxylic acids is 2. The maximum Gasteiger partial charge on any atom is 0.248 e. The Morgan fingerprint density at radius 1 is 1.27 bits per heavy atom. The number of nitrogens with one attached hydrogen (secondary N) is 1. The van der Waals surface area contributed by atoms with E-state index in [-0.39, 0.29) is 16.4 Å². The van der Waals surface area contributed by atoms with Gasteiger partial charge in [0.05, 0.1) is 11.1 Å². The van der Waals surface area contributed by atoms with Crippen molar-refractivity contribution in [2.24, 2.45) is 12.8 Å². The molecule has 9 nitrogen and oxygen atoms in total. The van der Waals surface area contributed by atoms with E-state index in [1.807, 2.05) is 0 Å². The standard InChI is InChI=1S/C16H19N5O4S/c1-20-14(8-9-18-20)21-10-2-3-13(16(21)23)19-26(24,25)12-6-4-11(5-7-12)15(17)22/h4-9,13,19H,2-3,10H2,1H3,(H2,17,22). The largest absolute Gasteiger partial charge is 0.366 e. The third kappa shape index (κ3) is 3.46. The lowest BCUT2D eigenvalue weighted by molar-refractivity contribution is -0.121. The van der Waals surface area contributed by atoms with Gasteiger partial charge in [-0.15, -0.1) is 0 Å². The van der Waals surface area contributed by atoms with Gasteiger partial charge < -0.3 is 5.73 Å². The molecule has 0 radical (unpaired) electrons. The van der Waals surface area contributed by atoms with Gasteiger partial charge in [-0.1, -0.05) is 0 Å². The smallest absolute Gasteiger partial charge is 0.248 e. The molecule has 2 aromatic rings. The summed E-state index contributed by atoms with van der Waals surface area (Å²) in [6, 6.07) is 6.09. The van der Waals surface area contributed by atoms with Gasteiger partial charge in [-0.3, -0.25) is 19.2 Å². The van der Waals surface area contributed by atoms with Crippen LogP contribution in [0.4, 0.5) is 5.82 Å². The number of carbonyl (C=O) groups is 2. The summed E-state index contributed by atoms with van der Waals surface area (Å²) < 4.78 is 29.2. The van der Waals surface area contributed by atoms with Crippen molar-refractivity contribution < 1.29 is 18.0 Å². The van der Waals surface area contributed by atoms with E-state index in [9.17, 15) is 18.0 Å². The van der Waals surface area contributed by atoms with Gasteiger partial charge >= 0.3 is 0 Å². The van der Waals surface area contributed by atoms with E-state index in [0.29, 0.717) is 25.2 Å². The van der Waals surface area contributed by atoms with Gasteiger partial charge in [0.1, 0.15) is 11.9 Å². The zero-order valence-electron chi connectivity index (χ0n) is 14.1. The molecule has 2 heterocycles. The quantitative estimate of drug-likeness (QED) is 0.758. The number of rotatable bonds is 5. The summed E-state index contributed by atoms with van der Waals surface area (Å²) in [5.41, 5.74) is 5.36. The van der Waals surface area contributed by atoms with Crippen LogP contribution in [0.25, 0.3) is 0 Å². The van der Waals surface area contributed by atoms with Crippen LogP contribution in [0.3, 0.4) is 0 Å². The number of piperidine rings is 1. The Morgan fingerprint density at radius 2 is 1.96 bits per heavy atom. The van der Waals surface area contributed by atoms with Gasteiger partial charge in [0.2, 0.25) is 21.8 Å². The van der Waals surface area contributed by atoms with E-state index in [0.717, 1.165) is 0 Å². The minimum Gasteiger partial charge on any atom is -0.366 e. The molecule has 0 bridgehead atoms. The van der Waals surface area contributed by atoms with E-state index in [1.54, 1.807) is 24.0 Å². The van der Waals surface area contributed by atoms with Crippen molar-refractivity contribution in [3.63, 3.8) is 0 Å². The van der Waals surface area contributed by atoms with Gasteiger partial charge in [-0.05, 0) is 37.1 Å². The average molecular weight is 377 g/mol. The number of primary amides is 1. The number of sulfonamides is 1. The zero-order chi connectivity index (χ0) is 18.9. The number of nitrogens with zero attached hydrogens (tertiary/aromatic N) is 3. The summed E-state index contributed by atoms with van der Waals surface area (Å²) in [6.45, 7) is 0.504. The highest BCUT2D eigenvalue weighted by molar-refractivity contribution is 7.89. The van der Waals surface area contributed by atoms with Gasteiger partial charge in [-0.2, -0.15) is 9.82 Å². The predicted octanol–water partition coefficient (Wildman–Crippen LogP) is -0.00710. The van der Waals surface area contributed by atoms with Crippen LogP contribution in [0, 0.1) is 0 Å². The molecule has 1 aliphatic heterocycles. The summed E-state index contributed by atoms with van der Waals surface area (Å²) in [7, 11) is -2.19. The summed E-state index contributed by atoms with van der Waals surface area (Å²) in [4.78, 5) is 25.3. The highest BCUT2D eigenvalue weighted by atomic mass is 32.2. The summed E-state index contributed by atoms with van der Waals surface area (Å²) in [5, 5.41) is 4.04. The molecule has 1 aromatic carbocycles. The van der Waals surface area contributed by atoms with Crippen molar-refractivity contribution in [2.45, 2.75) is 23.8 Å². The molecule has 10 heteroatoms. The van der Waals surface area contributed by atoms with Crippen LogP contribution < -0.4 is 15.4 Å². The van der Waals surface area contributed by atoms with Crippen LogP contribution in [0.5, 0.6) is 0 Å². The Morgan fingerprint density at radius 3 is 2.54 bits per heavy atom. The lowest BCUT2D eigenvalue weighted by Gasteiger charge is -2.32. The number of aryl methyl sites for hydroxylation is 1. The Labute approximate surface area is 150 Å². The minimum absolute atomic E-state index is 0.0343. The zero-order valence-corrected chi connectivity index (χ0v) is 14.9. The molecular weight excluding hydrogens is 358 g/mol. The number of nitrogens with two attached hydrogens (primary N) is 1. The fraction of sp³-hybridized carbons (Fsp3) is 0.312. The monoisotopic (exact) mass is 377 g/mol. The van der Waals surface area contributed by atoms with Crippen molar-refractivity contribution in [1.82, 2.24) is 14.5 Å². The topological polar surface area (TPSA) is 127 Å². The fourth-order valence-electron chi connectivity index (χ4n) is 2.90. The highest BCUT2D eigenvalue weighted by Gasteiger charge is 2.34. The van der Waals surface area contributed by atoms with Crippen molar-refractivity contribution in [1.29, 1.82) is 0 Å². The van der Waals surface area contributed by atoms with Gasteiger partial charge in [0.25, 0.3) is 0 Å². The number of amides is 2. The maximum absolute atomic E-state index is 12.7. The Hall–Kier alpha value is -2.72. The number of anilines is 1. The first kappa shape index (κ1) is 18.1. The third-order valence-corrected chi connectivity index (χ3v) is 5.74. The average Bonchev–Trinajstić information content (AvgIpc) is 3.02. The van der Waals surface area contributed by atoms with Gasteiger partial charge in [0, 0.05) is 25.2 Å². The Bertz CT molecular complexity index is 936. The summed E-state index contributed by atoms with van der Waals surface area (Å²) >= 11 is 0. The van der Waals surface area contributed by atoms with Crippen LogP contribution in [0.15, 0.2) is 41.4 Å². The first-order valence-electron chi connectivity index (χ1n) is 8.01. The van der Waals surface area contributed by atoms with Crippen LogP contribution in [-0.2, 0) is 21.9 Å². The van der Waals surface area contributed by atoms with Crippen molar-refractivity contribution in [2.75, 3.05) is 11.4 Å². The molecule has 1 saturated heterocycles. The predicted molar refractivity (Wildman–Crippen MR) is 93.9 cm³/mol. The number of aromatic nitrogens is 2. The molecule has 1 aromatic heterocycles. The molecule has 1 unspecified atom stereocenters. The molecule has 3 N–H and O–H groups in total. The van der Waals surface area contributed by atoms with Crippen molar-refractivity contribution in [3.05, 3.63) is 42.1 Å². The molecular formula is C16H19N5O4S. The van der Waals surface area contributed by atoms with E-state index in [2.05, 4.69) is 9.82 Å². The van der Waals surface area contributed by atoms with Crippen LogP contribution in [-0.4, -0.2) is 42.6 Å². The van der Waals surface area contributed by atoms with Gasteiger partial charge in [0.15, 0.2) is 0 Å². The Kier molecular flexibility index (Phi) is 4.79. The molecule has 1 atom stereocenters. The fourth-order valence-corrected chi connectivity index (χ4v) is 4.12. The SMILES string of the molecule is Cn1nccc1N1CCCC(NS(=O)(=O)c2ccc(C(N)=O)cc2)C1=O. The lowest BCUT2D eigenvalue weighted by Crippen LogP contribution is -2.52. The summed E-state index contributed by atoms with van der Waals surface area (Å²) in [5.74, 6) is -0.349. The molecule has 0 spiro atoms. The third-order valence-electron chi connectivity index (χ3n) is 4.26. The second-order valence-electron chi connectivity index (χ2n) is 6.01. The molecule has 0 aliphatic carbocycles. The van der Waals surface area contributed by atoms with E-state index >= 15 is 0 Å². The first-order valence-corrected chi connectivity index (χ1v) is 9.49. The van der Waals surface area contributed by atoms with E-state index < -0.39 is 22.0 Å². The molecule has 1 aliphatic rings. The van der Waals surface area contributed by atoms with E-state index in [1.165, 1.54) is 29.2 Å². The molecule has 2 amide bonds. The van der Waals surface area contributed by atoms with Crippen LogP contribution in [0.1, 0.15) is 23.2 Å². The van der Waals surface area contributed by atoms with Crippen LogP contribution in [0.2, 0.25) is 0 Å². The minimum atomic E-state index is -3.91. The maximum atomic E-state index is 12.7. The normalized spacial score (nSPS) is 18.1. The molecule has 138 valence electrons. The summed E-state index contributed by atoms with van der Waals surface area (Å²) in [6.07, 6.45) is 2.65. The van der Waals surface area contributed by atoms with Crippen molar-refractivity contribution >= 4 is 27.7 Å². The highest BCUT2D eigenvalue weighted by Crippen LogP contribution is 2.21. The first-order chi connectivity index (χ1) is 12.3. The number of hydrogen-bond acceptors (Lipinski definition) is 5. The number of benzene rings is 1. The van der Waals surface area contributed by atoms with Gasteiger partial charge in [-0.25, -0.2) is 8.42 Å². The Balaban J connectivity index is 1.79. The van der Waals surface area contributed by atoms with Crippen molar-refractivity contribution in [3.8, 4) is 0 Å². The van der Waals surface area contributed by atoms with Crippen LogP contribution >= 0.6 is 0 Å². The molecule has 0 saturated carbocycles. The molecule has 1 fully saturated rings. The molecule has 26 heavy (non-hydrogen) atoms. The second-order valence-corrected chi connectivity index (χ2v) is 7.72. The second kappa shape index (κ2) is 6.89. The lowest BCUT2D eigenvalue weighted by atomic mass is 10.1. The van der Waals surface area contributed by atoms with E-state index in [4.69, 9.17) is 5.73 Å². The molecule has 3 rings (SSSR count).